The van der Waals surface area contributed by atoms with E-state index in [9.17, 15) is 4.79 Å². The first-order chi connectivity index (χ1) is 11.6. The lowest BCUT2D eigenvalue weighted by molar-refractivity contribution is -0.0948. The Morgan fingerprint density at radius 3 is 2.41 bits per heavy atom. The van der Waals surface area contributed by atoms with Crippen LogP contribution in [-0.4, -0.2) is 55.3 Å². The van der Waals surface area contributed by atoms with Crippen molar-refractivity contribution in [2.75, 3.05) is 32.5 Å². The first-order valence-electron chi connectivity index (χ1n) is 8.45. The predicted octanol–water partition coefficient (Wildman–Crippen LogP) is 3.39. The summed E-state index contributed by atoms with van der Waals surface area (Å²) in [5.74, 6) is 0.173. The number of morpholine rings is 1. The van der Waals surface area contributed by atoms with Crippen LogP contribution in [0.15, 0.2) is 12.1 Å². The van der Waals surface area contributed by atoms with Gasteiger partial charge in [-0.05, 0) is 33.8 Å². The molecule has 0 spiro atoms. The Balaban J connectivity index is 0.00000338. The number of anilines is 1. The minimum absolute atomic E-state index is 0. The van der Waals surface area contributed by atoms with Crippen molar-refractivity contribution < 1.29 is 14.3 Å². The Bertz CT molecular complexity index is 634. The summed E-state index contributed by atoms with van der Waals surface area (Å²) in [5.41, 5.74) is 6.33. The maximum atomic E-state index is 12.6. The molecule has 0 aliphatic carbocycles. The third-order valence-corrected chi connectivity index (χ3v) is 4.85. The van der Waals surface area contributed by atoms with Crippen molar-refractivity contribution >= 4 is 48.0 Å². The van der Waals surface area contributed by atoms with Gasteiger partial charge in [0, 0.05) is 31.2 Å². The molecule has 2 atom stereocenters. The molecule has 1 aromatic rings. The molecule has 0 radical (unpaired) electrons. The number of benzene rings is 1. The van der Waals surface area contributed by atoms with Crippen molar-refractivity contribution in [2.24, 2.45) is 0 Å². The average molecular weight is 443 g/mol. The third-order valence-electron chi connectivity index (χ3n) is 4.52. The van der Waals surface area contributed by atoms with E-state index in [1.165, 1.54) is 13.2 Å². The number of amides is 1. The summed E-state index contributed by atoms with van der Waals surface area (Å²) in [6.07, 6.45) is 0.351. The molecule has 9 heteroatoms. The van der Waals surface area contributed by atoms with Gasteiger partial charge in [-0.3, -0.25) is 9.69 Å². The second-order valence-electron chi connectivity index (χ2n) is 7.23. The fraction of sp³-hybridized carbons (Fsp3) is 0.611. The molecule has 0 aromatic heterocycles. The van der Waals surface area contributed by atoms with E-state index in [0.29, 0.717) is 28.6 Å². The zero-order valence-corrected chi connectivity index (χ0v) is 18.8. The number of nitrogen functional groups attached to an aromatic ring is 1. The molecule has 156 valence electrons. The van der Waals surface area contributed by atoms with E-state index in [2.05, 4.69) is 37.9 Å². The number of rotatable bonds is 5. The summed E-state index contributed by atoms with van der Waals surface area (Å²) in [6, 6.07) is 3.10. The molecular formula is C18H30Cl3N3O3. The number of nitrogens with two attached hydrogens (primary N) is 1. The number of ether oxygens (including phenoxy) is 2. The molecule has 1 aromatic carbocycles. The zero-order chi connectivity index (χ0) is 18.8. The highest BCUT2D eigenvalue weighted by atomic mass is 35.5. The largest absolute Gasteiger partial charge is 0.496 e. The highest BCUT2D eigenvalue weighted by molar-refractivity contribution is 6.33. The molecule has 2 unspecified atom stereocenters. The Morgan fingerprint density at radius 2 is 1.89 bits per heavy atom. The summed E-state index contributed by atoms with van der Waals surface area (Å²) >= 11 is 6.05. The number of nitrogens with one attached hydrogen (secondary N) is 1. The van der Waals surface area contributed by atoms with E-state index in [-0.39, 0.29) is 48.5 Å². The van der Waals surface area contributed by atoms with Crippen LogP contribution in [0.3, 0.4) is 0 Å². The van der Waals surface area contributed by atoms with Crippen LogP contribution in [0.25, 0.3) is 0 Å². The van der Waals surface area contributed by atoms with Gasteiger partial charge in [0.05, 0.1) is 35.6 Å². The van der Waals surface area contributed by atoms with E-state index in [1.54, 1.807) is 6.07 Å². The van der Waals surface area contributed by atoms with Crippen LogP contribution in [0.4, 0.5) is 5.69 Å². The van der Waals surface area contributed by atoms with Gasteiger partial charge in [-0.25, -0.2) is 0 Å². The quantitative estimate of drug-likeness (QED) is 0.684. The lowest BCUT2D eigenvalue weighted by atomic mass is 9.99. The second kappa shape index (κ2) is 10.6. The Labute approximate surface area is 178 Å². The fourth-order valence-corrected chi connectivity index (χ4v) is 3.25. The minimum Gasteiger partial charge on any atom is -0.496 e. The number of nitrogens with zero attached hydrogens (tertiary/aromatic N) is 1. The minimum atomic E-state index is -0.235. The van der Waals surface area contributed by atoms with Gasteiger partial charge in [0.1, 0.15) is 5.75 Å². The van der Waals surface area contributed by atoms with Gasteiger partial charge < -0.3 is 20.5 Å². The summed E-state index contributed by atoms with van der Waals surface area (Å²) in [4.78, 5) is 15.0. The highest BCUT2D eigenvalue weighted by Gasteiger charge is 2.33. The van der Waals surface area contributed by atoms with Gasteiger partial charge in [0.25, 0.3) is 5.91 Å². The average Bonchev–Trinajstić information content (AvgIpc) is 2.54. The van der Waals surface area contributed by atoms with Crippen LogP contribution >= 0.6 is 36.4 Å². The number of hydrogen-bond acceptors (Lipinski definition) is 5. The number of halogens is 3. The molecule has 27 heavy (non-hydrogen) atoms. The summed E-state index contributed by atoms with van der Waals surface area (Å²) in [5, 5.41) is 3.32. The van der Waals surface area contributed by atoms with Gasteiger partial charge in [0.2, 0.25) is 0 Å². The first kappa shape index (κ1) is 26.1. The molecule has 0 bridgehead atoms. The molecular weight excluding hydrogens is 413 g/mol. The number of carbonyl (C=O) groups excluding carboxylic acids is 1. The molecule has 1 fully saturated rings. The molecule has 6 nitrogen and oxygen atoms in total. The van der Waals surface area contributed by atoms with Crippen molar-refractivity contribution in [1.82, 2.24) is 10.2 Å². The zero-order valence-electron chi connectivity index (χ0n) is 16.4. The summed E-state index contributed by atoms with van der Waals surface area (Å²) in [7, 11) is 1.50. The maximum Gasteiger partial charge on any atom is 0.255 e. The standard InChI is InChI=1S/C18H28ClN3O3.2ClH/c1-11-8-22(9-12(2)25-11)18(3,4)10-21-17(23)13-6-14(19)15(20)7-16(13)24-5;;/h6-7,11-12H,8-10,20H2,1-5H3,(H,21,23);2*1H. The second-order valence-corrected chi connectivity index (χ2v) is 7.64. The lowest BCUT2D eigenvalue weighted by Gasteiger charge is -2.45. The molecule has 1 saturated heterocycles. The van der Waals surface area contributed by atoms with E-state index in [4.69, 9.17) is 26.8 Å². The van der Waals surface area contributed by atoms with Gasteiger partial charge in [-0.1, -0.05) is 11.6 Å². The summed E-state index contributed by atoms with van der Waals surface area (Å²) in [6.45, 7) is 10.5. The Hall–Kier alpha value is -0.920. The van der Waals surface area contributed by atoms with Crippen molar-refractivity contribution in [3.8, 4) is 5.75 Å². The number of hydrogen-bond donors (Lipinski definition) is 2. The topological polar surface area (TPSA) is 76.8 Å². The van der Waals surface area contributed by atoms with E-state index < -0.39 is 0 Å². The van der Waals surface area contributed by atoms with Crippen LogP contribution in [0, 0.1) is 0 Å². The highest BCUT2D eigenvalue weighted by Crippen LogP contribution is 2.29. The lowest BCUT2D eigenvalue weighted by Crippen LogP contribution is -2.58. The molecule has 1 aliphatic rings. The van der Waals surface area contributed by atoms with Gasteiger partial charge >= 0.3 is 0 Å². The molecule has 1 aliphatic heterocycles. The van der Waals surface area contributed by atoms with Crippen molar-refractivity contribution in [1.29, 1.82) is 0 Å². The Morgan fingerprint density at radius 1 is 1.33 bits per heavy atom. The van der Waals surface area contributed by atoms with Gasteiger partial charge in [0.15, 0.2) is 0 Å². The fourth-order valence-electron chi connectivity index (χ4n) is 3.09. The normalized spacial score (nSPS) is 20.2. The maximum absolute atomic E-state index is 12.6. The van der Waals surface area contributed by atoms with Crippen LogP contribution in [0.2, 0.25) is 5.02 Å². The van der Waals surface area contributed by atoms with Gasteiger partial charge in [-0.15, -0.1) is 24.8 Å². The van der Waals surface area contributed by atoms with Crippen LogP contribution in [0.5, 0.6) is 5.75 Å². The van der Waals surface area contributed by atoms with Crippen molar-refractivity contribution in [3.63, 3.8) is 0 Å². The monoisotopic (exact) mass is 441 g/mol. The molecule has 2 rings (SSSR count). The third kappa shape index (κ3) is 6.57. The summed E-state index contributed by atoms with van der Waals surface area (Å²) < 4.78 is 11.0. The van der Waals surface area contributed by atoms with Crippen LogP contribution in [-0.2, 0) is 4.74 Å². The molecule has 1 heterocycles. The van der Waals surface area contributed by atoms with Crippen molar-refractivity contribution in [3.05, 3.63) is 22.7 Å². The number of methoxy groups -OCH3 is 1. The van der Waals surface area contributed by atoms with Gasteiger partial charge in [-0.2, -0.15) is 0 Å². The predicted molar refractivity (Wildman–Crippen MR) is 115 cm³/mol. The van der Waals surface area contributed by atoms with E-state index >= 15 is 0 Å². The molecule has 0 saturated carbocycles. The Kier molecular flexibility index (Phi) is 10.2. The van der Waals surface area contributed by atoms with E-state index in [1.807, 2.05) is 0 Å². The smallest absolute Gasteiger partial charge is 0.255 e. The van der Waals surface area contributed by atoms with E-state index in [0.717, 1.165) is 13.1 Å². The number of carbonyl (C=O) groups is 1. The SMILES string of the molecule is COc1cc(N)c(Cl)cc1C(=O)NCC(C)(C)N1CC(C)OC(C)C1.Cl.Cl. The molecule has 1 amide bonds. The first-order valence-corrected chi connectivity index (χ1v) is 8.83. The van der Waals surface area contributed by atoms with Crippen molar-refractivity contribution in [2.45, 2.75) is 45.4 Å². The molecule has 3 N–H and O–H groups in total. The van der Waals surface area contributed by atoms with Crippen LogP contribution in [0.1, 0.15) is 38.1 Å². The van der Waals surface area contributed by atoms with Crippen LogP contribution < -0.4 is 15.8 Å².